The summed E-state index contributed by atoms with van der Waals surface area (Å²) in [4.78, 5) is 0. The first kappa shape index (κ1) is 13.8. The molecule has 1 aliphatic carbocycles. The van der Waals surface area contributed by atoms with Crippen molar-refractivity contribution < 1.29 is 13.2 Å². The Hall–Kier alpha value is -0.250. The number of halogens is 3. The molecule has 1 saturated carbocycles. The van der Waals surface area contributed by atoms with Crippen LogP contribution in [0.25, 0.3) is 0 Å². The highest BCUT2D eigenvalue weighted by Gasteiger charge is 2.28. The summed E-state index contributed by atoms with van der Waals surface area (Å²) in [6, 6.07) is 0.414. The van der Waals surface area contributed by atoms with Crippen LogP contribution in [0.2, 0.25) is 0 Å². The van der Waals surface area contributed by atoms with E-state index in [0.717, 1.165) is 6.42 Å². The Labute approximate surface area is 95.8 Å². The maximum Gasteiger partial charge on any atom is 0.389 e. The molecule has 1 nitrogen and oxygen atoms in total. The Balaban J connectivity index is 2.17. The molecule has 0 aromatic carbocycles. The Bertz CT molecular complexity index is 203. The fourth-order valence-electron chi connectivity index (χ4n) is 2.45. The van der Waals surface area contributed by atoms with Crippen LogP contribution in [0.5, 0.6) is 0 Å². The average molecular weight is 237 g/mol. The highest BCUT2D eigenvalue weighted by atomic mass is 19.4. The van der Waals surface area contributed by atoms with Gasteiger partial charge in [-0.05, 0) is 31.2 Å². The summed E-state index contributed by atoms with van der Waals surface area (Å²) in [6.45, 7) is 4.92. The molecule has 0 aromatic rings. The van der Waals surface area contributed by atoms with E-state index in [9.17, 15) is 13.2 Å². The first-order valence-corrected chi connectivity index (χ1v) is 6.20. The molecule has 0 aliphatic heterocycles. The van der Waals surface area contributed by atoms with Crippen molar-refractivity contribution in [3.63, 3.8) is 0 Å². The Morgan fingerprint density at radius 3 is 2.50 bits per heavy atom. The van der Waals surface area contributed by atoms with E-state index < -0.39 is 12.6 Å². The van der Waals surface area contributed by atoms with Crippen molar-refractivity contribution >= 4 is 0 Å². The van der Waals surface area contributed by atoms with Gasteiger partial charge in [-0.15, -0.1) is 0 Å². The molecule has 0 heterocycles. The van der Waals surface area contributed by atoms with Crippen LogP contribution >= 0.6 is 0 Å². The van der Waals surface area contributed by atoms with Crippen molar-refractivity contribution in [1.29, 1.82) is 0 Å². The van der Waals surface area contributed by atoms with Gasteiger partial charge in [0, 0.05) is 12.5 Å². The summed E-state index contributed by atoms with van der Waals surface area (Å²) >= 11 is 0. The highest BCUT2D eigenvalue weighted by molar-refractivity contribution is 4.82. The quantitative estimate of drug-likeness (QED) is 0.734. The minimum Gasteiger partial charge on any atom is -0.314 e. The van der Waals surface area contributed by atoms with Crippen LogP contribution in [0.1, 0.15) is 46.0 Å². The zero-order valence-corrected chi connectivity index (χ0v) is 10.1. The minimum atomic E-state index is -4.01. The minimum absolute atomic E-state index is 0.196. The van der Waals surface area contributed by atoms with Gasteiger partial charge in [0.2, 0.25) is 0 Å². The topological polar surface area (TPSA) is 12.0 Å². The van der Waals surface area contributed by atoms with Gasteiger partial charge in [-0.1, -0.05) is 26.7 Å². The third-order valence-corrected chi connectivity index (χ3v) is 3.75. The van der Waals surface area contributed by atoms with Gasteiger partial charge >= 0.3 is 6.18 Å². The lowest BCUT2D eigenvalue weighted by Gasteiger charge is -2.34. The molecular formula is C12H22F3N. The van der Waals surface area contributed by atoms with Crippen LogP contribution in [-0.2, 0) is 0 Å². The van der Waals surface area contributed by atoms with Gasteiger partial charge in [-0.25, -0.2) is 0 Å². The monoisotopic (exact) mass is 237 g/mol. The molecule has 0 saturated heterocycles. The van der Waals surface area contributed by atoms with Gasteiger partial charge in [0.05, 0.1) is 0 Å². The molecule has 96 valence electrons. The maximum atomic E-state index is 11.9. The van der Waals surface area contributed by atoms with Crippen molar-refractivity contribution in [2.24, 2.45) is 11.8 Å². The van der Waals surface area contributed by atoms with Crippen LogP contribution < -0.4 is 5.32 Å². The largest absolute Gasteiger partial charge is 0.389 e. The molecular weight excluding hydrogens is 215 g/mol. The van der Waals surface area contributed by atoms with Crippen molar-refractivity contribution in [1.82, 2.24) is 5.32 Å². The molecule has 1 aliphatic rings. The van der Waals surface area contributed by atoms with Crippen LogP contribution in [-0.4, -0.2) is 18.8 Å². The second kappa shape index (κ2) is 5.89. The van der Waals surface area contributed by atoms with Crippen LogP contribution in [0.15, 0.2) is 0 Å². The number of hydrogen-bond donors (Lipinski definition) is 1. The molecule has 1 N–H and O–H groups in total. The smallest absolute Gasteiger partial charge is 0.314 e. The fraction of sp³-hybridized carbons (Fsp3) is 1.00. The lowest BCUT2D eigenvalue weighted by molar-refractivity contribution is -0.135. The number of nitrogens with one attached hydrogen (secondary N) is 1. The lowest BCUT2D eigenvalue weighted by Crippen LogP contribution is -2.41. The van der Waals surface area contributed by atoms with Crippen LogP contribution in [0.4, 0.5) is 13.2 Å². The number of rotatable bonds is 4. The van der Waals surface area contributed by atoms with Gasteiger partial charge in [0.25, 0.3) is 0 Å². The van der Waals surface area contributed by atoms with Gasteiger partial charge < -0.3 is 5.32 Å². The zero-order chi connectivity index (χ0) is 12.2. The van der Waals surface area contributed by atoms with Crippen molar-refractivity contribution in [2.75, 3.05) is 6.54 Å². The average Bonchev–Trinajstić information content (AvgIpc) is 2.17. The van der Waals surface area contributed by atoms with E-state index in [0.29, 0.717) is 24.4 Å². The van der Waals surface area contributed by atoms with Crippen LogP contribution in [0, 0.1) is 11.8 Å². The highest BCUT2D eigenvalue weighted by Crippen LogP contribution is 2.29. The van der Waals surface area contributed by atoms with E-state index in [1.165, 1.54) is 12.8 Å². The summed E-state index contributed by atoms with van der Waals surface area (Å²) in [6.07, 6.45) is -0.924. The van der Waals surface area contributed by atoms with Gasteiger partial charge in [0.15, 0.2) is 0 Å². The van der Waals surface area contributed by atoms with E-state index in [1.807, 2.05) is 0 Å². The number of alkyl halides is 3. The van der Waals surface area contributed by atoms with E-state index in [1.54, 1.807) is 0 Å². The second-order valence-corrected chi connectivity index (χ2v) is 5.05. The summed E-state index contributed by atoms with van der Waals surface area (Å²) in [5.74, 6) is 1.27. The summed E-state index contributed by atoms with van der Waals surface area (Å²) in [5.41, 5.74) is 0. The second-order valence-electron chi connectivity index (χ2n) is 5.05. The summed E-state index contributed by atoms with van der Waals surface area (Å²) in [5, 5.41) is 3.27. The molecule has 16 heavy (non-hydrogen) atoms. The molecule has 4 heteroatoms. The Morgan fingerprint density at radius 2 is 1.88 bits per heavy atom. The molecule has 0 bridgehead atoms. The third kappa shape index (κ3) is 4.73. The third-order valence-electron chi connectivity index (χ3n) is 3.75. The van der Waals surface area contributed by atoms with Crippen molar-refractivity contribution in [3.05, 3.63) is 0 Å². The predicted molar refractivity (Wildman–Crippen MR) is 59.3 cm³/mol. The summed E-state index contributed by atoms with van der Waals surface area (Å²) in [7, 11) is 0. The van der Waals surface area contributed by atoms with Crippen LogP contribution in [0.3, 0.4) is 0 Å². The molecule has 1 fully saturated rings. The van der Waals surface area contributed by atoms with E-state index in [2.05, 4.69) is 19.2 Å². The molecule has 1 rings (SSSR count). The van der Waals surface area contributed by atoms with Gasteiger partial charge in [0.1, 0.15) is 0 Å². The lowest BCUT2D eigenvalue weighted by atomic mass is 9.78. The van der Waals surface area contributed by atoms with Crippen molar-refractivity contribution in [3.8, 4) is 0 Å². The summed E-state index contributed by atoms with van der Waals surface area (Å²) < 4.78 is 35.8. The zero-order valence-electron chi connectivity index (χ0n) is 10.1. The maximum absolute atomic E-state index is 11.9. The van der Waals surface area contributed by atoms with E-state index in [4.69, 9.17) is 0 Å². The molecule has 0 spiro atoms. The number of hydrogen-bond acceptors (Lipinski definition) is 1. The molecule has 3 atom stereocenters. The molecule has 0 amide bonds. The molecule has 0 radical (unpaired) electrons. The molecule has 3 unspecified atom stereocenters. The SMILES string of the molecule is CC1CCCC(NCCCC(F)(F)F)C1C. The van der Waals surface area contributed by atoms with E-state index >= 15 is 0 Å². The fourth-order valence-corrected chi connectivity index (χ4v) is 2.45. The molecule has 0 aromatic heterocycles. The van der Waals surface area contributed by atoms with Crippen molar-refractivity contribution in [2.45, 2.75) is 58.2 Å². The van der Waals surface area contributed by atoms with Gasteiger partial charge in [-0.2, -0.15) is 13.2 Å². The standard InChI is InChI=1S/C12H22F3N/c1-9-5-3-6-11(10(9)2)16-8-4-7-12(13,14)15/h9-11,16H,3-8H2,1-2H3. The Kier molecular flexibility index (Phi) is 5.09. The first-order chi connectivity index (χ1) is 7.40. The predicted octanol–water partition coefficient (Wildman–Crippen LogP) is 3.74. The van der Waals surface area contributed by atoms with Gasteiger partial charge in [-0.3, -0.25) is 0 Å². The Morgan fingerprint density at radius 1 is 1.19 bits per heavy atom. The van der Waals surface area contributed by atoms with E-state index in [-0.39, 0.29) is 6.42 Å². The first-order valence-electron chi connectivity index (χ1n) is 6.20. The normalized spacial score (nSPS) is 31.7.